The molecule has 0 fully saturated rings. The van der Waals surface area contributed by atoms with E-state index in [9.17, 15) is 0 Å². The molecular formula is C11H19NS. The maximum Gasteiger partial charge on any atom is 0.00170 e. The molecule has 1 N–H and O–H groups in total. The maximum atomic E-state index is 3.42. The first kappa shape index (κ1) is 10.7. The molecule has 0 bridgehead atoms. The van der Waals surface area contributed by atoms with Crippen LogP contribution in [-0.2, 0) is 6.42 Å². The first-order valence-corrected chi connectivity index (χ1v) is 5.95. The van der Waals surface area contributed by atoms with Gasteiger partial charge in [0.1, 0.15) is 0 Å². The Morgan fingerprint density at radius 3 is 2.85 bits per heavy atom. The van der Waals surface area contributed by atoms with Crippen LogP contribution in [0.5, 0.6) is 0 Å². The van der Waals surface area contributed by atoms with Gasteiger partial charge in [0.25, 0.3) is 0 Å². The molecule has 0 aliphatic heterocycles. The van der Waals surface area contributed by atoms with Crippen molar-refractivity contribution in [1.29, 1.82) is 0 Å². The lowest BCUT2D eigenvalue weighted by Crippen LogP contribution is -2.16. The zero-order chi connectivity index (χ0) is 9.52. The minimum absolute atomic E-state index is 1.16. The zero-order valence-corrected chi connectivity index (χ0v) is 9.41. The summed E-state index contributed by atoms with van der Waals surface area (Å²) >= 11 is 1.85. The van der Waals surface area contributed by atoms with Crippen molar-refractivity contribution in [3.63, 3.8) is 0 Å². The fraction of sp³-hybridized carbons (Fsp3) is 0.636. The van der Waals surface area contributed by atoms with E-state index < -0.39 is 0 Å². The summed E-state index contributed by atoms with van der Waals surface area (Å²) in [4.78, 5) is 1.43. The van der Waals surface area contributed by atoms with Crippen LogP contribution in [-0.4, -0.2) is 13.1 Å². The predicted octanol–water partition coefficient (Wildman–Crippen LogP) is 2.99. The third kappa shape index (κ3) is 4.44. The van der Waals surface area contributed by atoms with E-state index in [1.54, 1.807) is 0 Å². The van der Waals surface area contributed by atoms with Gasteiger partial charge in [0, 0.05) is 4.88 Å². The lowest BCUT2D eigenvalue weighted by Gasteiger charge is -2.00. The first-order chi connectivity index (χ1) is 6.33. The summed E-state index contributed by atoms with van der Waals surface area (Å²) in [5, 5.41) is 5.69. The Balaban J connectivity index is 2.06. The lowest BCUT2D eigenvalue weighted by atomic mass is 10.2. The smallest absolute Gasteiger partial charge is 0.00170 e. The van der Waals surface area contributed by atoms with Crippen molar-refractivity contribution in [1.82, 2.24) is 5.32 Å². The third-order valence-electron chi connectivity index (χ3n) is 2.03. The number of hydrogen-bond donors (Lipinski definition) is 1. The fourth-order valence-electron chi connectivity index (χ4n) is 1.35. The van der Waals surface area contributed by atoms with Gasteiger partial charge in [-0.3, -0.25) is 0 Å². The lowest BCUT2D eigenvalue weighted by molar-refractivity contribution is 0.640. The highest BCUT2D eigenvalue weighted by Gasteiger charge is 1.95. The van der Waals surface area contributed by atoms with Gasteiger partial charge < -0.3 is 5.32 Å². The van der Waals surface area contributed by atoms with Gasteiger partial charge in [0.05, 0.1) is 0 Å². The van der Waals surface area contributed by atoms with Crippen molar-refractivity contribution in [3.8, 4) is 0 Å². The Hall–Kier alpha value is -0.340. The molecule has 2 heteroatoms. The van der Waals surface area contributed by atoms with Crippen molar-refractivity contribution in [2.75, 3.05) is 13.1 Å². The van der Waals surface area contributed by atoms with Gasteiger partial charge in [-0.2, -0.15) is 0 Å². The van der Waals surface area contributed by atoms with Crippen LogP contribution in [0.25, 0.3) is 0 Å². The Bertz CT molecular complexity index is 230. The molecule has 0 aromatic carbocycles. The van der Waals surface area contributed by atoms with Gasteiger partial charge in [0.2, 0.25) is 0 Å². The standard InChI is InChI=1S/C11H19NS/c1-3-6-12-7-4-5-11-8-10(2)13-9-11/h8-9,12H,3-7H2,1-2H3. The van der Waals surface area contributed by atoms with Gasteiger partial charge >= 0.3 is 0 Å². The van der Waals surface area contributed by atoms with E-state index in [1.165, 1.54) is 29.7 Å². The van der Waals surface area contributed by atoms with E-state index in [-0.39, 0.29) is 0 Å². The molecule has 1 aromatic heterocycles. The van der Waals surface area contributed by atoms with E-state index in [1.807, 2.05) is 11.3 Å². The van der Waals surface area contributed by atoms with Crippen molar-refractivity contribution in [2.45, 2.75) is 33.1 Å². The summed E-state index contributed by atoms with van der Waals surface area (Å²) in [5.41, 5.74) is 1.50. The van der Waals surface area contributed by atoms with E-state index in [4.69, 9.17) is 0 Å². The molecule has 13 heavy (non-hydrogen) atoms. The molecule has 1 aromatic rings. The average molecular weight is 197 g/mol. The predicted molar refractivity (Wildman–Crippen MR) is 60.5 cm³/mol. The van der Waals surface area contributed by atoms with Crippen LogP contribution in [0.1, 0.15) is 30.2 Å². The van der Waals surface area contributed by atoms with Crippen LogP contribution in [0.4, 0.5) is 0 Å². The van der Waals surface area contributed by atoms with Gasteiger partial charge in [-0.15, -0.1) is 11.3 Å². The van der Waals surface area contributed by atoms with Crippen LogP contribution in [0.3, 0.4) is 0 Å². The molecule has 0 radical (unpaired) electrons. The average Bonchev–Trinajstić information content (AvgIpc) is 2.51. The second-order valence-electron chi connectivity index (χ2n) is 3.42. The van der Waals surface area contributed by atoms with E-state index >= 15 is 0 Å². The normalized spacial score (nSPS) is 10.6. The van der Waals surface area contributed by atoms with E-state index in [2.05, 4.69) is 30.6 Å². The van der Waals surface area contributed by atoms with Crippen molar-refractivity contribution < 1.29 is 0 Å². The maximum absolute atomic E-state index is 3.42. The topological polar surface area (TPSA) is 12.0 Å². The molecule has 0 unspecified atom stereocenters. The van der Waals surface area contributed by atoms with Crippen molar-refractivity contribution >= 4 is 11.3 Å². The summed E-state index contributed by atoms with van der Waals surface area (Å²) in [5.74, 6) is 0. The fourth-order valence-corrected chi connectivity index (χ4v) is 2.09. The molecule has 0 amide bonds. The van der Waals surface area contributed by atoms with Gasteiger partial charge in [-0.25, -0.2) is 0 Å². The summed E-state index contributed by atoms with van der Waals surface area (Å²) in [7, 11) is 0. The molecular weight excluding hydrogens is 178 g/mol. The van der Waals surface area contributed by atoms with Crippen LogP contribution in [0.2, 0.25) is 0 Å². The molecule has 0 aliphatic rings. The number of hydrogen-bond acceptors (Lipinski definition) is 2. The number of thiophene rings is 1. The zero-order valence-electron chi connectivity index (χ0n) is 8.60. The van der Waals surface area contributed by atoms with E-state index in [0.717, 1.165) is 13.1 Å². The van der Waals surface area contributed by atoms with Crippen LogP contribution < -0.4 is 5.32 Å². The van der Waals surface area contributed by atoms with Gasteiger partial charge in [0.15, 0.2) is 0 Å². The summed E-state index contributed by atoms with van der Waals surface area (Å²) in [6.45, 7) is 6.68. The number of aryl methyl sites for hydroxylation is 2. The van der Waals surface area contributed by atoms with Crippen molar-refractivity contribution in [2.24, 2.45) is 0 Å². The molecule has 0 aliphatic carbocycles. The molecule has 1 heterocycles. The number of rotatable bonds is 6. The molecule has 1 nitrogen and oxygen atoms in total. The first-order valence-electron chi connectivity index (χ1n) is 5.07. The van der Waals surface area contributed by atoms with Crippen LogP contribution >= 0.6 is 11.3 Å². The van der Waals surface area contributed by atoms with E-state index in [0.29, 0.717) is 0 Å². The van der Waals surface area contributed by atoms with Gasteiger partial charge in [-0.05, 0) is 56.3 Å². The Kier molecular flexibility index (Phi) is 5.09. The summed E-state index contributed by atoms with van der Waals surface area (Å²) < 4.78 is 0. The highest BCUT2D eigenvalue weighted by Crippen LogP contribution is 2.14. The quantitative estimate of drug-likeness (QED) is 0.691. The third-order valence-corrected chi connectivity index (χ3v) is 2.94. The highest BCUT2D eigenvalue weighted by molar-refractivity contribution is 7.10. The summed E-state index contributed by atoms with van der Waals surface area (Å²) in [6.07, 6.45) is 3.72. The second-order valence-corrected chi connectivity index (χ2v) is 4.53. The molecule has 74 valence electrons. The SMILES string of the molecule is CCCNCCCc1csc(C)c1. The number of nitrogens with one attached hydrogen (secondary N) is 1. The minimum atomic E-state index is 1.16. The van der Waals surface area contributed by atoms with Crippen LogP contribution in [0.15, 0.2) is 11.4 Å². The molecule has 0 spiro atoms. The Labute approximate surface area is 85.2 Å². The molecule has 1 rings (SSSR count). The molecule has 0 atom stereocenters. The second kappa shape index (κ2) is 6.17. The highest BCUT2D eigenvalue weighted by atomic mass is 32.1. The van der Waals surface area contributed by atoms with Crippen molar-refractivity contribution in [3.05, 3.63) is 21.9 Å². The van der Waals surface area contributed by atoms with Gasteiger partial charge in [-0.1, -0.05) is 6.92 Å². The Morgan fingerprint density at radius 2 is 2.23 bits per heavy atom. The Morgan fingerprint density at radius 1 is 1.38 bits per heavy atom. The monoisotopic (exact) mass is 197 g/mol. The molecule has 0 saturated heterocycles. The summed E-state index contributed by atoms with van der Waals surface area (Å²) in [6, 6.07) is 2.30. The largest absolute Gasteiger partial charge is 0.317 e. The minimum Gasteiger partial charge on any atom is -0.317 e. The van der Waals surface area contributed by atoms with Crippen LogP contribution in [0, 0.1) is 6.92 Å². The molecule has 0 saturated carbocycles.